The summed E-state index contributed by atoms with van der Waals surface area (Å²) in [5.74, 6) is 0.494. The number of likely N-dealkylation sites (tertiary alicyclic amines) is 1. The van der Waals surface area contributed by atoms with E-state index in [0.717, 1.165) is 31.6 Å². The molecule has 0 aliphatic carbocycles. The molecule has 4 atom stereocenters. The zero-order valence-corrected chi connectivity index (χ0v) is 14.3. The lowest BCUT2D eigenvalue weighted by atomic mass is 10.00. The van der Waals surface area contributed by atoms with Crippen molar-refractivity contribution in [3.05, 3.63) is 23.7 Å². The maximum absolute atomic E-state index is 9.85. The van der Waals surface area contributed by atoms with Gasteiger partial charge in [0.1, 0.15) is 11.6 Å². The molecule has 2 aliphatic heterocycles. The normalized spacial score (nSPS) is 31.9. The Morgan fingerprint density at radius 1 is 1.12 bits per heavy atom. The number of benzene rings is 1. The second kappa shape index (κ2) is 6.57. The number of aromatic nitrogens is 1. The average Bonchev–Trinajstić information content (AvgIpc) is 3.21. The number of para-hydroxylation sites is 1. The predicted octanol–water partition coefficient (Wildman–Crippen LogP) is 0.521. The lowest BCUT2D eigenvalue weighted by molar-refractivity contribution is -0.111. The van der Waals surface area contributed by atoms with Crippen molar-refractivity contribution in [2.45, 2.75) is 24.7 Å². The molecule has 0 radical (unpaired) electrons. The Bertz CT molecular complexity index is 697. The number of piperidine rings is 1. The van der Waals surface area contributed by atoms with E-state index in [4.69, 9.17) is 0 Å². The van der Waals surface area contributed by atoms with Gasteiger partial charge in [-0.05, 0) is 24.5 Å². The highest BCUT2D eigenvalue weighted by atomic mass is 32.1. The summed E-state index contributed by atoms with van der Waals surface area (Å²) in [6.45, 7) is 3.65. The molecule has 0 saturated carbocycles. The number of rotatable bonds is 3. The number of aliphatic hydroxyl groups is 3. The molecule has 2 aliphatic rings. The van der Waals surface area contributed by atoms with Gasteiger partial charge in [0.05, 0.1) is 28.1 Å². The maximum atomic E-state index is 9.85. The summed E-state index contributed by atoms with van der Waals surface area (Å²) in [4.78, 5) is 8.96. The lowest BCUT2D eigenvalue weighted by Crippen LogP contribution is -2.56. The Morgan fingerprint density at radius 2 is 1.92 bits per heavy atom. The first kappa shape index (κ1) is 16.2. The van der Waals surface area contributed by atoms with Crippen LogP contribution in [0.5, 0.6) is 0 Å². The quantitative estimate of drug-likeness (QED) is 0.750. The zero-order chi connectivity index (χ0) is 16.7. The van der Waals surface area contributed by atoms with Gasteiger partial charge in [0, 0.05) is 32.7 Å². The molecule has 3 N–H and O–H groups in total. The largest absolute Gasteiger partial charge is 0.389 e. The first-order chi connectivity index (χ1) is 11.6. The number of anilines is 1. The number of aliphatic hydroxyl groups excluding tert-OH is 3. The third-order valence-corrected chi connectivity index (χ3v) is 5.96. The van der Waals surface area contributed by atoms with Gasteiger partial charge in [-0.25, -0.2) is 4.98 Å². The molecule has 0 amide bonds. The molecule has 2 aromatic rings. The van der Waals surface area contributed by atoms with Gasteiger partial charge in [-0.1, -0.05) is 6.07 Å². The second-order valence-corrected chi connectivity index (χ2v) is 7.81. The van der Waals surface area contributed by atoms with Gasteiger partial charge >= 0.3 is 0 Å². The molecule has 0 bridgehead atoms. The van der Waals surface area contributed by atoms with Crippen LogP contribution in [0.3, 0.4) is 0 Å². The van der Waals surface area contributed by atoms with E-state index in [2.05, 4.69) is 33.0 Å². The van der Waals surface area contributed by atoms with Crippen molar-refractivity contribution in [3.8, 4) is 0 Å². The van der Waals surface area contributed by atoms with E-state index in [1.807, 2.05) is 5.51 Å². The van der Waals surface area contributed by atoms with Crippen LogP contribution in [0.1, 0.15) is 6.42 Å². The highest BCUT2D eigenvalue weighted by molar-refractivity contribution is 7.16. The molecule has 1 unspecified atom stereocenters. The molecule has 1 aromatic heterocycles. The molecule has 6 nitrogen and oxygen atoms in total. The number of fused-ring (bicyclic) bond motifs is 1. The molecule has 2 fully saturated rings. The maximum Gasteiger partial charge on any atom is 0.108 e. The summed E-state index contributed by atoms with van der Waals surface area (Å²) in [7, 11) is 0. The van der Waals surface area contributed by atoms with Crippen LogP contribution in [0.15, 0.2) is 23.7 Å². The Balaban J connectivity index is 1.41. The predicted molar refractivity (Wildman–Crippen MR) is 94.4 cm³/mol. The highest BCUT2D eigenvalue weighted by Gasteiger charge is 2.35. The summed E-state index contributed by atoms with van der Waals surface area (Å²) in [5, 5.41) is 29.4. The SMILES string of the molecule is OC1[C@H](O)CN(C[C@H]2CCN(c3cccc4scnc34)C2)C[C@@H]1O. The Hall–Kier alpha value is -1.25. The van der Waals surface area contributed by atoms with E-state index < -0.39 is 18.3 Å². The van der Waals surface area contributed by atoms with Gasteiger partial charge in [0.15, 0.2) is 0 Å². The third kappa shape index (κ3) is 3.02. The van der Waals surface area contributed by atoms with Crippen LogP contribution < -0.4 is 4.90 Å². The third-order valence-electron chi connectivity index (χ3n) is 5.16. The number of β-amino-alcohol motifs (C(OH)–C–C–N with tert-alkyl or cyclic N) is 2. The zero-order valence-electron chi connectivity index (χ0n) is 13.5. The molecule has 24 heavy (non-hydrogen) atoms. The fourth-order valence-corrected chi connectivity index (χ4v) is 4.62. The van der Waals surface area contributed by atoms with E-state index in [-0.39, 0.29) is 0 Å². The molecule has 0 spiro atoms. The Labute approximate surface area is 145 Å². The fraction of sp³-hybridized carbons (Fsp3) is 0.588. The summed E-state index contributed by atoms with van der Waals surface area (Å²) < 4.78 is 1.22. The van der Waals surface area contributed by atoms with Gasteiger partial charge in [0.2, 0.25) is 0 Å². The van der Waals surface area contributed by atoms with Gasteiger partial charge < -0.3 is 20.2 Å². The molecule has 130 valence electrons. The first-order valence-electron chi connectivity index (χ1n) is 8.45. The second-order valence-electron chi connectivity index (χ2n) is 6.92. The van der Waals surface area contributed by atoms with E-state index in [1.165, 1.54) is 10.4 Å². The molecule has 4 rings (SSSR count). The van der Waals surface area contributed by atoms with Crippen molar-refractivity contribution < 1.29 is 15.3 Å². The van der Waals surface area contributed by atoms with E-state index in [1.54, 1.807) is 11.3 Å². The van der Waals surface area contributed by atoms with Crippen LogP contribution in [0.25, 0.3) is 10.2 Å². The highest BCUT2D eigenvalue weighted by Crippen LogP contribution is 2.32. The molecule has 7 heteroatoms. The summed E-state index contributed by atoms with van der Waals surface area (Å²) in [6, 6.07) is 6.32. The Kier molecular flexibility index (Phi) is 4.44. The van der Waals surface area contributed by atoms with Gasteiger partial charge in [-0.15, -0.1) is 11.3 Å². The van der Waals surface area contributed by atoms with Crippen molar-refractivity contribution >= 4 is 27.2 Å². The molecular formula is C17H23N3O3S. The van der Waals surface area contributed by atoms with Crippen molar-refractivity contribution in [2.75, 3.05) is 37.6 Å². The summed E-state index contributed by atoms with van der Waals surface area (Å²) >= 11 is 1.66. The van der Waals surface area contributed by atoms with E-state index in [0.29, 0.717) is 19.0 Å². The van der Waals surface area contributed by atoms with Crippen LogP contribution in [-0.4, -0.2) is 76.2 Å². The van der Waals surface area contributed by atoms with Crippen molar-refractivity contribution in [2.24, 2.45) is 5.92 Å². The van der Waals surface area contributed by atoms with Crippen LogP contribution in [0.2, 0.25) is 0 Å². The lowest BCUT2D eigenvalue weighted by Gasteiger charge is -2.38. The minimum atomic E-state index is -1.02. The van der Waals surface area contributed by atoms with Crippen LogP contribution in [0, 0.1) is 5.92 Å². The monoisotopic (exact) mass is 349 g/mol. The van der Waals surface area contributed by atoms with E-state index >= 15 is 0 Å². The first-order valence-corrected chi connectivity index (χ1v) is 9.33. The molecule has 1 aromatic carbocycles. The van der Waals surface area contributed by atoms with Gasteiger partial charge in [0.25, 0.3) is 0 Å². The van der Waals surface area contributed by atoms with Crippen molar-refractivity contribution in [3.63, 3.8) is 0 Å². The number of hydrogen-bond donors (Lipinski definition) is 3. The molecular weight excluding hydrogens is 326 g/mol. The van der Waals surface area contributed by atoms with Crippen LogP contribution in [-0.2, 0) is 0 Å². The standard InChI is InChI=1S/C17H23N3O3S/c21-13-8-19(9-14(22)17(13)23)6-11-4-5-20(7-11)12-2-1-3-15-16(12)18-10-24-15/h1-3,10-11,13-14,17,21-23H,4-9H2/t11-,13-,14+,17?/m1/s1. The average molecular weight is 349 g/mol. The van der Waals surface area contributed by atoms with Crippen molar-refractivity contribution in [1.29, 1.82) is 0 Å². The Morgan fingerprint density at radius 3 is 2.71 bits per heavy atom. The summed E-state index contributed by atoms with van der Waals surface area (Å²) in [6.07, 6.45) is -1.67. The number of hydrogen-bond acceptors (Lipinski definition) is 7. The van der Waals surface area contributed by atoms with Gasteiger partial charge in [-0.3, -0.25) is 4.90 Å². The van der Waals surface area contributed by atoms with Gasteiger partial charge in [-0.2, -0.15) is 0 Å². The topological polar surface area (TPSA) is 80.1 Å². The van der Waals surface area contributed by atoms with Crippen molar-refractivity contribution in [1.82, 2.24) is 9.88 Å². The number of thiazole rings is 1. The smallest absolute Gasteiger partial charge is 0.108 e. The van der Waals surface area contributed by atoms with Crippen LogP contribution >= 0.6 is 11.3 Å². The summed E-state index contributed by atoms with van der Waals surface area (Å²) in [5.41, 5.74) is 4.17. The van der Waals surface area contributed by atoms with Crippen LogP contribution in [0.4, 0.5) is 5.69 Å². The van der Waals surface area contributed by atoms with E-state index in [9.17, 15) is 15.3 Å². The molecule has 3 heterocycles. The minimum Gasteiger partial charge on any atom is -0.389 e. The molecule has 2 saturated heterocycles. The fourth-order valence-electron chi connectivity index (χ4n) is 3.92. The number of nitrogens with zero attached hydrogens (tertiary/aromatic N) is 3. The minimum absolute atomic E-state index is 0.427.